The third-order valence-corrected chi connectivity index (χ3v) is 3.37. The van der Waals surface area contributed by atoms with Crippen molar-refractivity contribution in [1.82, 2.24) is 9.97 Å². The molecule has 0 saturated heterocycles. The summed E-state index contributed by atoms with van der Waals surface area (Å²) in [6, 6.07) is 0. The molecule has 1 fully saturated rings. The molecule has 1 aromatic rings. The summed E-state index contributed by atoms with van der Waals surface area (Å²) in [7, 11) is 0. The molecule has 0 aliphatic heterocycles. The molecule has 0 spiro atoms. The van der Waals surface area contributed by atoms with Crippen molar-refractivity contribution in [3.8, 4) is 0 Å². The Hall–Kier alpha value is -0.670. The summed E-state index contributed by atoms with van der Waals surface area (Å²) < 4.78 is 5.72. The molecule has 1 atom stereocenters. The van der Waals surface area contributed by atoms with Gasteiger partial charge in [-0.1, -0.05) is 11.6 Å². The van der Waals surface area contributed by atoms with Gasteiger partial charge in [0.2, 0.25) is 0 Å². The third kappa shape index (κ3) is 2.36. The average molecular weight is 241 g/mol. The van der Waals surface area contributed by atoms with E-state index >= 15 is 0 Å². The molecule has 0 aromatic carbocycles. The zero-order chi connectivity index (χ0) is 11.7. The van der Waals surface area contributed by atoms with Crippen LogP contribution >= 0.6 is 11.6 Å². The molecule has 1 aromatic heterocycles. The molecule has 1 aliphatic rings. The van der Waals surface area contributed by atoms with E-state index in [1.54, 1.807) is 0 Å². The van der Waals surface area contributed by atoms with Gasteiger partial charge in [-0.2, -0.15) is 0 Å². The largest absolute Gasteiger partial charge is 0.370 e. The van der Waals surface area contributed by atoms with E-state index in [1.165, 1.54) is 12.8 Å². The fourth-order valence-corrected chi connectivity index (χ4v) is 1.96. The predicted octanol–water partition coefficient (Wildman–Crippen LogP) is 3.23. The quantitative estimate of drug-likeness (QED) is 0.758. The molecule has 0 radical (unpaired) electrons. The van der Waals surface area contributed by atoms with E-state index in [4.69, 9.17) is 16.3 Å². The van der Waals surface area contributed by atoms with Crippen molar-refractivity contribution in [3.05, 3.63) is 22.2 Å². The van der Waals surface area contributed by atoms with Gasteiger partial charge in [0.25, 0.3) is 0 Å². The van der Waals surface area contributed by atoms with E-state index in [2.05, 4.69) is 9.97 Å². The second-order valence-corrected chi connectivity index (χ2v) is 4.65. The first-order valence-corrected chi connectivity index (χ1v) is 6.13. The minimum atomic E-state index is 0.0294. The lowest BCUT2D eigenvalue weighted by Crippen LogP contribution is -2.12. The zero-order valence-corrected chi connectivity index (χ0v) is 10.7. The Labute approximate surface area is 101 Å². The average Bonchev–Trinajstić information content (AvgIpc) is 3.05. The summed E-state index contributed by atoms with van der Waals surface area (Å²) in [4.78, 5) is 8.84. The van der Waals surface area contributed by atoms with Crippen molar-refractivity contribution in [1.29, 1.82) is 0 Å². The number of aromatic nitrogens is 2. The number of nitrogens with zero attached hydrogens (tertiary/aromatic N) is 2. The maximum absolute atomic E-state index is 6.08. The SMILES string of the molecule is CCOC(c1nc(C)c(C)c(Cl)n1)C1CC1. The highest BCUT2D eigenvalue weighted by Crippen LogP contribution is 2.42. The van der Waals surface area contributed by atoms with Gasteiger partial charge in [0, 0.05) is 17.9 Å². The van der Waals surface area contributed by atoms with Gasteiger partial charge < -0.3 is 4.74 Å². The number of hydrogen-bond donors (Lipinski definition) is 0. The van der Waals surface area contributed by atoms with Gasteiger partial charge in [-0.25, -0.2) is 9.97 Å². The van der Waals surface area contributed by atoms with Crippen molar-refractivity contribution < 1.29 is 4.74 Å². The predicted molar refractivity (Wildman–Crippen MR) is 63.6 cm³/mol. The van der Waals surface area contributed by atoms with Crippen LogP contribution in [0, 0.1) is 19.8 Å². The standard InChI is InChI=1S/C12H17ClN2O/c1-4-16-10(9-5-6-9)12-14-8(3)7(2)11(13)15-12/h9-10H,4-6H2,1-3H3. The maximum Gasteiger partial charge on any atom is 0.159 e. The fraction of sp³-hybridized carbons (Fsp3) is 0.667. The summed E-state index contributed by atoms with van der Waals surface area (Å²) in [5.74, 6) is 1.33. The monoisotopic (exact) mass is 240 g/mol. The van der Waals surface area contributed by atoms with Gasteiger partial charge in [-0.15, -0.1) is 0 Å². The molecular formula is C12H17ClN2O. The number of hydrogen-bond acceptors (Lipinski definition) is 3. The molecule has 1 saturated carbocycles. The van der Waals surface area contributed by atoms with Crippen LogP contribution in [-0.4, -0.2) is 16.6 Å². The van der Waals surface area contributed by atoms with E-state index < -0.39 is 0 Å². The van der Waals surface area contributed by atoms with E-state index in [-0.39, 0.29) is 6.10 Å². The van der Waals surface area contributed by atoms with Crippen molar-refractivity contribution in [3.63, 3.8) is 0 Å². The Morgan fingerprint density at radius 2 is 2.06 bits per heavy atom. The highest BCUT2D eigenvalue weighted by atomic mass is 35.5. The number of ether oxygens (including phenoxy) is 1. The van der Waals surface area contributed by atoms with Gasteiger partial charge >= 0.3 is 0 Å². The van der Waals surface area contributed by atoms with E-state index in [9.17, 15) is 0 Å². The normalized spacial score (nSPS) is 17.5. The summed E-state index contributed by atoms with van der Waals surface area (Å²) in [5, 5.41) is 0.549. The van der Waals surface area contributed by atoms with Crippen LogP contribution in [0.15, 0.2) is 0 Å². The van der Waals surface area contributed by atoms with Crippen LogP contribution in [0.1, 0.15) is 43.0 Å². The van der Waals surface area contributed by atoms with E-state index in [0.717, 1.165) is 17.1 Å². The molecule has 1 unspecified atom stereocenters. The maximum atomic E-state index is 6.08. The van der Waals surface area contributed by atoms with Gasteiger partial charge in [-0.05, 0) is 39.5 Å². The number of halogens is 1. The van der Waals surface area contributed by atoms with Crippen LogP contribution in [0.3, 0.4) is 0 Å². The molecule has 2 rings (SSSR count). The summed E-state index contributed by atoms with van der Waals surface area (Å²) in [5.41, 5.74) is 1.90. The van der Waals surface area contributed by atoms with Crippen molar-refractivity contribution in [2.45, 2.75) is 39.7 Å². The Bertz CT molecular complexity index is 368. The Morgan fingerprint density at radius 3 is 2.56 bits per heavy atom. The van der Waals surface area contributed by atoms with E-state index in [0.29, 0.717) is 17.7 Å². The van der Waals surface area contributed by atoms with Crippen LogP contribution < -0.4 is 0 Å². The minimum absolute atomic E-state index is 0.0294. The Kier molecular flexibility index (Phi) is 3.45. The molecule has 0 N–H and O–H groups in total. The van der Waals surface area contributed by atoms with Gasteiger partial charge in [0.1, 0.15) is 11.3 Å². The highest BCUT2D eigenvalue weighted by molar-refractivity contribution is 6.30. The molecule has 0 bridgehead atoms. The number of aryl methyl sites for hydroxylation is 1. The molecule has 3 nitrogen and oxygen atoms in total. The van der Waals surface area contributed by atoms with Crippen LogP contribution in [0.5, 0.6) is 0 Å². The summed E-state index contributed by atoms with van der Waals surface area (Å²) >= 11 is 6.08. The molecular weight excluding hydrogens is 224 g/mol. The lowest BCUT2D eigenvalue weighted by molar-refractivity contribution is 0.0399. The summed E-state index contributed by atoms with van der Waals surface area (Å²) in [6.07, 6.45) is 2.44. The molecule has 88 valence electrons. The highest BCUT2D eigenvalue weighted by Gasteiger charge is 2.35. The molecule has 1 heterocycles. The van der Waals surface area contributed by atoms with Crippen molar-refractivity contribution >= 4 is 11.6 Å². The minimum Gasteiger partial charge on any atom is -0.370 e. The Morgan fingerprint density at radius 1 is 1.38 bits per heavy atom. The third-order valence-electron chi connectivity index (χ3n) is 3.00. The zero-order valence-electron chi connectivity index (χ0n) is 9.96. The Balaban J connectivity index is 2.30. The van der Waals surface area contributed by atoms with Crippen LogP contribution in [0.25, 0.3) is 0 Å². The van der Waals surface area contributed by atoms with Gasteiger partial charge in [0.15, 0.2) is 5.82 Å². The number of rotatable bonds is 4. The first-order chi connectivity index (χ1) is 7.63. The molecule has 4 heteroatoms. The smallest absolute Gasteiger partial charge is 0.159 e. The lowest BCUT2D eigenvalue weighted by atomic mass is 10.2. The van der Waals surface area contributed by atoms with Crippen LogP contribution in [-0.2, 0) is 4.74 Å². The van der Waals surface area contributed by atoms with E-state index in [1.807, 2.05) is 20.8 Å². The topological polar surface area (TPSA) is 35.0 Å². The second kappa shape index (κ2) is 4.68. The van der Waals surface area contributed by atoms with Gasteiger partial charge in [-0.3, -0.25) is 0 Å². The fourth-order valence-electron chi connectivity index (χ4n) is 1.74. The second-order valence-electron chi connectivity index (χ2n) is 4.30. The van der Waals surface area contributed by atoms with Crippen LogP contribution in [0.2, 0.25) is 5.15 Å². The first kappa shape index (κ1) is 11.8. The van der Waals surface area contributed by atoms with Gasteiger partial charge in [0.05, 0.1) is 0 Å². The first-order valence-electron chi connectivity index (χ1n) is 5.75. The lowest BCUT2D eigenvalue weighted by Gasteiger charge is -2.16. The van der Waals surface area contributed by atoms with Crippen molar-refractivity contribution in [2.75, 3.05) is 6.61 Å². The van der Waals surface area contributed by atoms with Crippen molar-refractivity contribution in [2.24, 2.45) is 5.92 Å². The molecule has 0 amide bonds. The molecule has 1 aliphatic carbocycles. The van der Waals surface area contributed by atoms with Crippen LogP contribution in [0.4, 0.5) is 0 Å². The molecule has 16 heavy (non-hydrogen) atoms. The summed E-state index contributed by atoms with van der Waals surface area (Å²) in [6.45, 7) is 6.59.